The first kappa shape index (κ1) is 26.1. The van der Waals surface area contributed by atoms with E-state index in [4.69, 9.17) is 5.73 Å². The molecule has 0 spiro atoms. The third kappa shape index (κ3) is 4.25. The molecule has 1 saturated heterocycles. The van der Waals surface area contributed by atoms with Crippen LogP contribution >= 0.6 is 0 Å². The second-order valence-electron chi connectivity index (χ2n) is 9.82. The standard InChI is InChI=1S/C25H26F3N9O2/c1-14(25(26,27)28)36-18(6-8-32-36)17-12-19(37-21(17)22(29)31-13-33-37)16-5-7-30-20(11-16)34-9-10-35(15(2)38)24(3,4)23(34)39/h5-8,11-14H,9-10H2,1-4H3,(H2,29,31,33). The summed E-state index contributed by atoms with van der Waals surface area (Å²) >= 11 is 0. The van der Waals surface area contributed by atoms with Gasteiger partial charge in [0, 0.05) is 43.5 Å². The van der Waals surface area contributed by atoms with Crippen molar-refractivity contribution < 1.29 is 22.8 Å². The number of piperazine rings is 1. The number of nitrogens with zero attached hydrogens (tertiary/aromatic N) is 8. The van der Waals surface area contributed by atoms with Crippen LogP contribution in [0.5, 0.6) is 0 Å². The highest BCUT2D eigenvalue weighted by molar-refractivity contribution is 6.02. The van der Waals surface area contributed by atoms with Gasteiger partial charge in [-0.1, -0.05) is 0 Å². The number of rotatable bonds is 4. The number of amides is 2. The van der Waals surface area contributed by atoms with E-state index >= 15 is 0 Å². The summed E-state index contributed by atoms with van der Waals surface area (Å²) in [5.41, 5.74) is 7.07. The summed E-state index contributed by atoms with van der Waals surface area (Å²) in [5.74, 6) is -0.0440. The molecule has 11 nitrogen and oxygen atoms in total. The van der Waals surface area contributed by atoms with Gasteiger partial charge in [0.2, 0.25) is 5.91 Å². The molecule has 0 aliphatic carbocycles. The first-order valence-electron chi connectivity index (χ1n) is 12.1. The van der Waals surface area contributed by atoms with E-state index in [1.807, 2.05) is 0 Å². The molecule has 1 atom stereocenters. The molecular formula is C25H26F3N9O2. The minimum Gasteiger partial charge on any atom is -0.382 e. The van der Waals surface area contributed by atoms with Crippen LogP contribution in [0.1, 0.15) is 33.7 Å². The van der Waals surface area contributed by atoms with Crippen LogP contribution in [0.4, 0.5) is 24.8 Å². The fourth-order valence-corrected chi connectivity index (χ4v) is 4.97. The van der Waals surface area contributed by atoms with Crippen molar-refractivity contribution in [2.75, 3.05) is 23.7 Å². The van der Waals surface area contributed by atoms with Crippen molar-refractivity contribution in [2.24, 2.45) is 0 Å². The van der Waals surface area contributed by atoms with E-state index in [0.29, 0.717) is 34.7 Å². The van der Waals surface area contributed by atoms with Gasteiger partial charge in [-0.15, -0.1) is 0 Å². The normalized spacial score (nSPS) is 16.6. The van der Waals surface area contributed by atoms with E-state index in [2.05, 4.69) is 20.2 Å². The fraction of sp³-hybridized carbons (Fsp3) is 0.360. The quantitative estimate of drug-likeness (QED) is 0.420. The molecule has 0 radical (unpaired) electrons. The second kappa shape index (κ2) is 9.06. The molecule has 0 saturated carbocycles. The number of carbonyl (C=O) groups is 2. The van der Waals surface area contributed by atoms with Crippen molar-refractivity contribution in [1.29, 1.82) is 0 Å². The maximum atomic E-state index is 13.6. The highest BCUT2D eigenvalue weighted by Crippen LogP contribution is 2.39. The Bertz CT molecular complexity index is 1590. The molecule has 0 bridgehead atoms. The lowest BCUT2D eigenvalue weighted by Gasteiger charge is -2.45. The summed E-state index contributed by atoms with van der Waals surface area (Å²) < 4.78 is 43.1. The summed E-state index contributed by atoms with van der Waals surface area (Å²) in [5, 5.41) is 8.23. The summed E-state index contributed by atoms with van der Waals surface area (Å²) in [7, 11) is 0. The SMILES string of the molecule is CC(=O)N1CCN(c2cc(-c3cc(-c4ccnn4C(C)C(F)(F)F)c4c(N)ncnn34)ccn2)C(=O)C1(C)C. The summed E-state index contributed by atoms with van der Waals surface area (Å²) in [6.45, 7) is 6.41. The van der Waals surface area contributed by atoms with Crippen LogP contribution in [0.2, 0.25) is 0 Å². The van der Waals surface area contributed by atoms with Crippen molar-refractivity contribution in [3.63, 3.8) is 0 Å². The number of hydrogen-bond donors (Lipinski definition) is 1. The van der Waals surface area contributed by atoms with E-state index in [0.717, 1.165) is 11.6 Å². The number of anilines is 2. The molecule has 1 aliphatic rings. The summed E-state index contributed by atoms with van der Waals surface area (Å²) in [6, 6.07) is 4.64. The van der Waals surface area contributed by atoms with Crippen LogP contribution in [0.25, 0.3) is 28.0 Å². The Labute approximate surface area is 221 Å². The summed E-state index contributed by atoms with van der Waals surface area (Å²) in [4.78, 5) is 36.9. The zero-order chi connectivity index (χ0) is 28.3. The minimum atomic E-state index is -4.52. The number of alkyl halides is 3. The monoisotopic (exact) mass is 541 g/mol. The molecule has 1 fully saturated rings. The van der Waals surface area contributed by atoms with Crippen LogP contribution in [-0.4, -0.2) is 70.9 Å². The number of nitrogens with two attached hydrogens (primary N) is 1. The van der Waals surface area contributed by atoms with Gasteiger partial charge < -0.3 is 10.6 Å². The predicted molar refractivity (Wildman–Crippen MR) is 136 cm³/mol. The van der Waals surface area contributed by atoms with Gasteiger partial charge in [0.1, 0.15) is 29.2 Å². The Kier molecular flexibility index (Phi) is 6.07. The Balaban J connectivity index is 1.62. The van der Waals surface area contributed by atoms with Crippen molar-refractivity contribution >= 4 is 29.0 Å². The molecule has 2 N–H and O–H groups in total. The largest absolute Gasteiger partial charge is 0.410 e. The van der Waals surface area contributed by atoms with Gasteiger partial charge in [-0.05, 0) is 45.0 Å². The van der Waals surface area contributed by atoms with Gasteiger partial charge in [-0.25, -0.2) is 14.5 Å². The van der Waals surface area contributed by atoms with Gasteiger partial charge >= 0.3 is 6.18 Å². The van der Waals surface area contributed by atoms with Gasteiger partial charge in [0.05, 0.1) is 11.4 Å². The van der Waals surface area contributed by atoms with Crippen LogP contribution in [0.3, 0.4) is 0 Å². The molecule has 204 valence electrons. The zero-order valence-corrected chi connectivity index (χ0v) is 21.6. The maximum Gasteiger partial charge on any atom is 0.410 e. The van der Waals surface area contributed by atoms with Gasteiger partial charge in [0.15, 0.2) is 5.82 Å². The van der Waals surface area contributed by atoms with Crippen molar-refractivity contribution in [3.05, 3.63) is 43.0 Å². The van der Waals surface area contributed by atoms with E-state index in [-0.39, 0.29) is 29.9 Å². The molecule has 0 aromatic carbocycles. The first-order chi connectivity index (χ1) is 18.3. The van der Waals surface area contributed by atoms with Crippen LogP contribution in [0.15, 0.2) is 43.0 Å². The zero-order valence-electron chi connectivity index (χ0n) is 21.6. The number of hydrogen-bond acceptors (Lipinski definition) is 7. The highest BCUT2D eigenvalue weighted by Gasteiger charge is 2.44. The number of carbonyl (C=O) groups excluding carboxylic acids is 2. The van der Waals surface area contributed by atoms with Gasteiger partial charge in [-0.2, -0.15) is 23.4 Å². The number of nitrogen functional groups attached to an aromatic ring is 1. The third-order valence-corrected chi connectivity index (χ3v) is 7.06. The molecule has 2 amide bonds. The van der Waals surface area contributed by atoms with E-state index in [1.165, 1.54) is 46.0 Å². The average molecular weight is 542 g/mol. The third-order valence-electron chi connectivity index (χ3n) is 7.06. The van der Waals surface area contributed by atoms with E-state index in [9.17, 15) is 22.8 Å². The lowest BCUT2D eigenvalue weighted by atomic mass is 9.97. The lowest BCUT2D eigenvalue weighted by molar-refractivity contribution is -0.165. The summed E-state index contributed by atoms with van der Waals surface area (Å²) in [6.07, 6.45) is -0.449. The fourth-order valence-electron chi connectivity index (χ4n) is 4.97. The van der Waals surface area contributed by atoms with Crippen LogP contribution in [-0.2, 0) is 9.59 Å². The molecular weight excluding hydrogens is 515 g/mol. The maximum absolute atomic E-state index is 13.6. The minimum absolute atomic E-state index is 0.0743. The number of aromatic nitrogens is 6. The van der Waals surface area contributed by atoms with Crippen LogP contribution in [0, 0.1) is 0 Å². The van der Waals surface area contributed by atoms with Crippen molar-refractivity contribution in [2.45, 2.75) is 45.5 Å². The van der Waals surface area contributed by atoms with Gasteiger partial charge in [-0.3, -0.25) is 19.2 Å². The second-order valence-corrected chi connectivity index (χ2v) is 9.82. The molecule has 14 heteroatoms. The molecule has 4 aromatic heterocycles. The van der Waals surface area contributed by atoms with E-state index in [1.54, 1.807) is 32.0 Å². The highest BCUT2D eigenvalue weighted by atomic mass is 19.4. The van der Waals surface area contributed by atoms with Gasteiger partial charge in [0.25, 0.3) is 5.91 Å². The molecule has 4 aromatic rings. The molecule has 5 heterocycles. The number of fused-ring (bicyclic) bond motifs is 1. The van der Waals surface area contributed by atoms with Crippen molar-refractivity contribution in [3.8, 4) is 22.5 Å². The first-order valence-corrected chi connectivity index (χ1v) is 12.1. The van der Waals surface area contributed by atoms with Crippen LogP contribution < -0.4 is 10.6 Å². The smallest absolute Gasteiger partial charge is 0.382 e. The number of halogens is 3. The molecule has 1 unspecified atom stereocenters. The molecule has 39 heavy (non-hydrogen) atoms. The van der Waals surface area contributed by atoms with E-state index < -0.39 is 17.8 Å². The Morgan fingerprint density at radius 2 is 1.82 bits per heavy atom. The predicted octanol–water partition coefficient (Wildman–Crippen LogP) is 3.33. The Morgan fingerprint density at radius 1 is 1.08 bits per heavy atom. The lowest BCUT2D eigenvalue weighted by Crippen LogP contribution is -2.64. The average Bonchev–Trinajstić information content (AvgIpc) is 3.50. The Hall–Kier alpha value is -4.49. The topological polar surface area (TPSA) is 128 Å². The van der Waals surface area contributed by atoms with Crippen molar-refractivity contribution in [1.82, 2.24) is 34.3 Å². The molecule has 5 rings (SSSR count). The Morgan fingerprint density at radius 3 is 2.51 bits per heavy atom. The number of pyridine rings is 1. The molecule has 1 aliphatic heterocycles.